The first-order chi connectivity index (χ1) is 12.5. The molecule has 0 aromatic heterocycles. The lowest BCUT2D eigenvalue weighted by molar-refractivity contribution is -0.134. The van der Waals surface area contributed by atoms with Gasteiger partial charge < -0.3 is 14.7 Å². The Bertz CT molecular complexity index is 641. The number of nitrogens with zero attached hydrogens (tertiary/aromatic N) is 3. The summed E-state index contributed by atoms with van der Waals surface area (Å²) in [5.74, 6) is 0.00913. The van der Waals surface area contributed by atoms with Gasteiger partial charge >= 0.3 is 6.03 Å². The van der Waals surface area contributed by atoms with Gasteiger partial charge in [0.15, 0.2) is 0 Å². The van der Waals surface area contributed by atoms with E-state index in [4.69, 9.17) is 0 Å². The molecular weight excluding hydrogens is 333 g/mol. The van der Waals surface area contributed by atoms with Crippen LogP contribution in [0.2, 0.25) is 0 Å². The molecule has 1 atom stereocenters. The van der Waals surface area contributed by atoms with Gasteiger partial charge in [-0.25, -0.2) is 9.18 Å². The number of benzene rings is 1. The summed E-state index contributed by atoms with van der Waals surface area (Å²) >= 11 is 0. The predicted molar refractivity (Wildman–Crippen MR) is 98.0 cm³/mol. The molecule has 0 N–H and O–H groups in total. The Kier molecular flexibility index (Phi) is 5.79. The summed E-state index contributed by atoms with van der Waals surface area (Å²) in [5.41, 5.74) is 0.907. The van der Waals surface area contributed by atoms with Crippen LogP contribution in [0, 0.1) is 11.7 Å². The second kappa shape index (κ2) is 8.06. The van der Waals surface area contributed by atoms with E-state index in [2.05, 4.69) is 13.8 Å². The van der Waals surface area contributed by atoms with Gasteiger partial charge in [-0.05, 0) is 36.5 Å². The highest BCUT2D eigenvalue weighted by atomic mass is 19.1. The van der Waals surface area contributed by atoms with Crippen molar-refractivity contribution in [2.24, 2.45) is 5.92 Å². The van der Waals surface area contributed by atoms with Gasteiger partial charge in [-0.1, -0.05) is 26.0 Å². The predicted octanol–water partition coefficient (Wildman–Crippen LogP) is 3.10. The number of amides is 3. The first kappa shape index (κ1) is 18.7. The van der Waals surface area contributed by atoms with Crippen LogP contribution in [0.15, 0.2) is 24.3 Å². The molecule has 6 heteroatoms. The minimum absolute atomic E-state index is 0.0402. The molecule has 26 heavy (non-hydrogen) atoms. The van der Waals surface area contributed by atoms with Crippen molar-refractivity contribution in [1.82, 2.24) is 14.7 Å². The lowest BCUT2D eigenvalue weighted by Crippen LogP contribution is -2.49. The van der Waals surface area contributed by atoms with Gasteiger partial charge in [0.1, 0.15) is 5.82 Å². The molecule has 3 rings (SSSR count). The maximum Gasteiger partial charge on any atom is 0.320 e. The van der Waals surface area contributed by atoms with E-state index in [0.717, 1.165) is 31.5 Å². The molecule has 2 saturated heterocycles. The Balaban J connectivity index is 1.77. The quantitative estimate of drug-likeness (QED) is 0.830. The fourth-order valence-electron chi connectivity index (χ4n) is 3.82. The fraction of sp³-hybridized carbons (Fsp3) is 0.600. The van der Waals surface area contributed by atoms with Gasteiger partial charge in [-0.2, -0.15) is 0 Å². The summed E-state index contributed by atoms with van der Waals surface area (Å²) in [7, 11) is 0. The molecule has 1 aromatic rings. The monoisotopic (exact) mass is 361 g/mol. The summed E-state index contributed by atoms with van der Waals surface area (Å²) in [6, 6.07) is 6.30. The average molecular weight is 361 g/mol. The number of hydrogen-bond donors (Lipinski definition) is 0. The van der Waals surface area contributed by atoms with E-state index in [9.17, 15) is 14.0 Å². The van der Waals surface area contributed by atoms with Crippen LogP contribution in [0.1, 0.15) is 38.7 Å². The van der Waals surface area contributed by atoms with E-state index in [1.807, 2.05) is 14.7 Å². The third-order valence-corrected chi connectivity index (χ3v) is 5.41. The van der Waals surface area contributed by atoms with Crippen LogP contribution < -0.4 is 0 Å². The Morgan fingerprint density at radius 1 is 1.12 bits per heavy atom. The van der Waals surface area contributed by atoms with Crippen LogP contribution in [0.5, 0.6) is 0 Å². The zero-order valence-corrected chi connectivity index (χ0v) is 15.7. The Morgan fingerprint density at radius 2 is 1.77 bits per heavy atom. The fourth-order valence-corrected chi connectivity index (χ4v) is 3.82. The second-order valence-corrected chi connectivity index (χ2v) is 7.63. The standard InChI is InChI=1S/C20H28FN3O2/c1-15(2)18-14-23(20(26)22-10-3-4-11-22)12-9-19(25)24(18)13-16-5-7-17(21)8-6-16/h5-8,15,18H,3-4,9-14H2,1-2H3/t18-/m0/s1. The van der Waals surface area contributed by atoms with Crippen LogP contribution in [-0.2, 0) is 11.3 Å². The number of rotatable bonds is 3. The summed E-state index contributed by atoms with van der Waals surface area (Å²) in [4.78, 5) is 31.2. The Hall–Kier alpha value is -2.11. The molecule has 0 radical (unpaired) electrons. The molecule has 2 aliphatic rings. The lowest BCUT2D eigenvalue weighted by atomic mass is 10.0. The van der Waals surface area contributed by atoms with Crippen molar-refractivity contribution in [3.63, 3.8) is 0 Å². The van der Waals surface area contributed by atoms with Crippen LogP contribution in [-0.4, -0.2) is 58.9 Å². The normalized spacial score (nSPS) is 21.5. The molecule has 0 unspecified atom stereocenters. The SMILES string of the molecule is CC(C)[C@@H]1CN(C(=O)N2CCCC2)CCC(=O)N1Cc1ccc(F)cc1. The number of likely N-dealkylation sites (tertiary alicyclic amines) is 1. The molecule has 2 fully saturated rings. The maximum absolute atomic E-state index is 13.2. The third kappa shape index (κ3) is 4.17. The molecule has 0 bridgehead atoms. The van der Waals surface area contributed by atoms with Crippen LogP contribution >= 0.6 is 0 Å². The highest BCUT2D eigenvalue weighted by Crippen LogP contribution is 2.22. The second-order valence-electron chi connectivity index (χ2n) is 7.63. The summed E-state index contributed by atoms with van der Waals surface area (Å²) < 4.78 is 13.2. The summed E-state index contributed by atoms with van der Waals surface area (Å²) in [5, 5.41) is 0. The number of carbonyl (C=O) groups is 2. The zero-order valence-electron chi connectivity index (χ0n) is 15.7. The van der Waals surface area contributed by atoms with E-state index in [1.54, 1.807) is 12.1 Å². The van der Waals surface area contributed by atoms with E-state index >= 15 is 0 Å². The van der Waals surface area contributed by atoms with Gasteiger partial charge in [0.25, 0.3) is 0 Å². The van der Waals surface area contributed by atoms with Crippen LogP contribution in [0.3, 0.4) is 0 Å². The molecule has 0 saturated carbocycles. The van der Waals surface area contributed by atoms with E-state index in [1.165, 1.54) is 12.1 Å². The molecular formula is C20H28FN3O2. The smallest absolute Gasteiger partial charge is 0.320 e. The largest absolute Gasteiger partial charge is 0.333 e. The third-order valence-electron chi connectivity index (χ3n) is 5.41. The van der Waals surface area contributed by atoms with Crippen molar-refractivity contribution in [3.8, 4) is 0 Å². The van der Waals surface area contributed by atoms with Crippen molar-refractivity contribution in [3.05, 3.63) is 35.6 Å². The molecule has 0 spiro atoms. The van der Waals surface area contributed by atoms with Crippen molar-refractivity contribution >= 4 is 11.9 Å². The Morgan fingerprint density at radius 3 is 2.38 bits per heavy atom. The first-order valence-electron chi connectivity index (χ1n) is 9.53. The lowest BCUT2D eigenvalue weighted by Gasteiger charge is -2.35. The van der Waals surface area contributed by atoms with Crippen LogP contribution in [0.4, 0.5) is 9.18 Å². The molecule has 0 aliphatic carbocycles. The minimum Gasteiger partial charge on any atom is -0.333 e. The molecule has 5 nitrogen and oxygen atoms in total. The summed E-state index contributed by atoms with van der Waals surface area (Å²) in [6.45, 7) is 7.27. The van der Waals surface area contributed by atoms with Crippen molar-refractivity contribution in [1.29, 1.82) is 0 Å². The number of halogens is 1. The minimum atomic E-state index is -0.279. The first-order valence-corrected chi connectivity index (χ1v) is 9.53. The van der Waals surface area contributed by atoms with Crippen LogP contribution in [0.25, 0.3) is 0 Å². The van der Waals surface area contributed by atoms with Gasteiger partial charge in [0, 0.05) is 39.1 Å². The molecule has 142 valence electrons. The number of urea groups is 1. The highest BCUT2D eigenvalue weighted by Gasteiger charge is 2.35. The van der Waals surface area contributed by atoms with Crippen molar-refractivity contribution in [2.75, 3.05) is 26.2 Å². The van der Waals surface area contributed by atoms with Gasteiger partial charge in [-0.15, -0.1) is 0 Å². The van der Waals surface area contributed by atoms with Gasteiger partial charge in [-0.3, -0.25) is 4.79 Å². The van der Waals surface area contributed by atoms with Gasteiger partial charge in [0.05, 0.1) is 6.04 Å². The van der Waals surface area contributed by atoms with E-state index in [0.29, 0.717) is 26.1 Å². The van der Waals surface area contributed by atoms with Crippen molar-refractivity contribution in [2.45, 2.75) is 45.7 Å². The molecule has 2 aliphatic heterocycles. The Labute approximate surface area is 154 Å². The number of carbonyl (C=O) groups excluding carboxylic acids is 2. The van der Waals surface area contributed by atoms with E-state index < -0.39 is 0 Å². The van der Waals surface area contributed by atoms with Crippen molar-refractivity contribution < 1.29 is 14.0 Å². The molecule has 3 amide bonds. The zero-order chi connectivity index (χ0) is 18.7. The topological polar surface area (TPSA) is 43.9 Å². The molecule has 2 heterocycles. The average Bonchev–Trinajstić information content (AvgIpc) is 3.10. The maximum atomic E-state index is 13.2. The highest BCUT2D eigenvalue weighted by molar-refractivity contribution is 5.80. The summed E-state index contributed by atoms with van der Waals surface area (Å²) in [6.07, 6.45) is 2.45. The van der Waals surface area contributed by atoms with E-state index in [-0.39, 0.29) is 29.7 Å². The number of hydrogen-bond acceptors (Lipinski definition) is 2. The molecule has 1 aromatic carbocycles. The van der Waals surface area contributed by atoms with Gasteiger partial charge in [0.2, 0.25) is 5.91 Å².